The minimum Gasteiger partial charge on any atom is -0.462 e. The molecule has 45 heavy (non-hydrogen) atoms. The number of ether oxygens (including phenoxy) is 2. The molecule has 260 valence electrons. The van der Waals surface area contributed by atoms with Crippen molar-refractivity contribution in [2.24, 2.45) is 0 Å². The molecule has 0 rings (SSSR count). The van der Waals surface area contributed by atoms with Crippen molar-refractivity contribution in [1.82, 2.24) is 0 Å². The summed E-state index contributed by atoms with van der Waals surface area (Å²) in [4.78, 5) is 42.5. The largest absolute Gasteiger partial charge is 0.469 e. The third kappa shape index (κ3) is 34.7. The number of hydrogen-bond acceptors (Lipinski definition) is 6. The Balaban J connectivity index is 4.08. The van der Waals surface area contributed by atoms with Crippen molar-refractivity contribution in [3.8, 4) is 0 Å². The summed E-state index contributed by atoms with van der Waals surface area (Å²) in [7, 11) is -4.75. The van der Waals surface area contributed by atoms with E-state index in [2.05, 4.69) is 67.0 Å². The highest BCUT2D eigenvalue weighted by molar-refractivity contribution is 7.46. The molecule has 0 unspecified atom stereocenters. The van der Waals surface area contributed by atoms with E-state index in [9.17, 15) is 14.2 Å². The van der Waals surface area contributed by atoms with Gasteiger partial charge in [0.2, 0.25) is 0 Å². The second-order valence-corrected chi connectivity index (χ2v) is 12.7. The van der Waals surface area contributed by atoms with Crippen LogP contribution in [0.5, 0.6) is 0 Å². The van der Waals surface area contributed by atoms with E-state index in [0.29, 0.717) is 6.42 Å². The van der Waals surface area contributed by atoms with Crippen molar-refractivity contribution in [2.75, 3.05) is 13.2 Å². The molecule has 0 spiro atoms. The Labute approximate surface area is 274 Å². The van der Waals surface area contributed by atoms with Gasteiger partial charge in [-0.25, -0.2) is 4.57 Å². The van der Waals surface area contributed by atoms with E-state index in [-0.39, 0.29) is 19.4 Å². The highest BCUT2D eigenvalue weighted by Crippen LogP contribution is 2.35. The smallest absolute Gasteiger partial charge is 0.462 e. The molecule has 9 heteroatoms. The molecule has 0 aliphatic carbocycles. The normalized spacial score (nSPS) is 13.1. The number of hydrogen-bond donors (Lipinski definition) is 2. The van der Waals surface area contributed by atoms with Gasteiger partial charge in [0.25, 0.3) is 0 Å². The van der Waals surface area contributed by atoms with Crippen LogP contribution in [0.1, 0.15) is 149 Å². The van der Waals surface area contributed by atoms with E-state index in [1.54, 1.807) is 0 Å². The highest BCUT2D eigenvalue weighted by Gasteiger charge is 2.22. The van der Waals surface area contributed by atoms with Crippen LogP contribution >= 0.6 is 7.82 Å². The molecule has 1 atom stereocenters. The lowest BCUT2D eigenvalue weighted by atomic mass is 10.1. The van der Waals surface area contributed by atoms with Gasteiger partial charge in [-0.05, 0) is 51.4 Å². The Morgan fingerprint density at radius 2 is 1.04 bits per heavy atom. The summed E-state index contributed by atoms with van der Waals surface area (Å²) in [6.07, 6.45) is 36.9. The maximum atomic E-state index is 12.3. The number of phosphoric ester groups is 1. The monoisotopic (exact) mass is 654 g/mol. The van der Waals surface area contributed by atoms with Crippen molar-refractivity contribution in [3.63, 3.8) is 0 Å². The maximum absolute atomic E-state index is 12.3. The summed E-state index contributed by atoms with van der Waals surface area (Å²) in [5.74, 6) is -0.926. The Morgan fingerprint density at radius 1 is 0.578 bits per heavy atom. The minimum absolute atomic E-state index is 0.174. The van der Waals surface area contributed by atoms with Crippen molar-refractivity contribution < 1.29 is 37.9 Å². The third-order valence-electron chi connectivity index (χ3n) is 7.08. The molecular weight excluding hydrogens is 591 g/mol. The molecule has 0 aromatic carbocycles. The third-order valence-corrected chi connectivity index (χ3v) is 7.57. The number of allylic oxidation sites excluding steroid dienone is 8. The Bertz CT molecular complexity index is 874. The molecule has 2 N–H and O–H groups in total. The lowest BCUT2D eigenvalue weighted by Gasteiger charge is -2.18. The molecule has 0 fully saturated rings. The van der Waals surface area contributed by atoms with E-state index in [0.717, 1.165) is 64.2 Å². The predicted molar refractivity (Wildman–Crippen MR) is 184 cm³/mol. The maximum Gasteiger partial charge on any atom is 0.469 e. The van der Waals surface area contributed by atoms with E-state index in [4.69, 9.17) is 19.3 Å². The number of esters is 2. The van der Waals surface area contributed by atoms with Gasteiger partial charge in [0, 0.05) is 12.8 Å². The SMILES string of the molecule is CCC/C=C/C/C=C/C/C=C/C/C=C/CCCCCC(=O)O[C@H](COC(=O)CCCCCCCCCCCC)COP(=O)(O)O. The topological polar surface area (TPSA) is 119 Å². The second-order valence-electron chi connectivity index (χ2n) is 11.5. The first-order valence-corrected chi connectivity index (χ1v) is 19.0. The van der Waals surface area contributed by atoms with Crippen LogP contribution in [0, 0.1) is 0 Å². The summed E-state index contributed by atoms with van der Waals surface area (Å²) < 4.78 is 26.2. The van der Waals surface area contributed by atoms with E-state index in [1.807, 2.05) is 0 Å². The number of phosphoric acid groups is 1. The number of unbranched alkanes of at least 4 members (excludes halogenated alkanes) is 13. The first-order valence-electron chi connectivity index (χ1n) is 17.4. The zero-order valence-electron chi connectivity index (χ0n) is 28.3. The van der Waals surface area contributed by atoms with Crippen LogP contribution in [-0.2, 0) is 28.2 Å². The van der Waals surface area contributed by atoms with Crippen molar-refractivity contribution in [3.05, 3.63) is 48.6 Å². The van der Waals surface area contributed by atoms with Gasteiger partial charge in [0.15, 0.2) is 6.10 Å². The van der Waals surface area contributed by atoms with E-state index in [1.165, 1.54) is 51.4 Å². The van der Waals surface area contributed by atoms with Crippen LogP contribution in [0.3, 0.4) is 0 Å². The number of rotatable bonds is 31. The van der Waals surface area contributed by atoms with Gasteiger partial charge in [0.05, 0.1) is 6.61 Å². The zero-order chi connectivity index (χ0) is 33.3. The molecule has 0 aromatic rings. The minimum atomic E-state index is -4.75. The fourth-order valence-corrected chi connectivity index (χ4v) is 4.84. The summed E-state index contributed by atoms with van der Waals surface area (Å²) >= 11 is 0. The lowest BCUT2D eigenvalue weighted by molar-refractivity contribution is -0.161. The van der Waals surface area contributed by atoms with Crippen LogP contribution in [0.15, 0.2) is 48.6 Å². The summed E-state index contributed by atoms with van der Waals surface area (Å²) in [5, 5.41) is 0. The van der Waals surface area contributed by atoms with Crippen molar-refractivity contribution in [2.45, 2.75) is 155 Å². The van der Waals surface area contributed by atoms with Gasteiger partial charge in [-0.1, -0.05) is 133 Å². The van der Waals surface area contributed by atoms with Crippen LogP contribution in [0.2, 0.25) is 0 Å². The molecular formula is C36H63O8P. The fourth-order valence-electron chi connectivity index (χ4n) is 4.48. The predicted octanol–water partition coefficient (Wildman–Crippen LogP) is 10.0. The Kier molecular flexibility index (Phi) is 30.6. The first kappa shape index (κ1) is 43.0. The quantitative estimate of drug-likeness (QED) is 0.0328. The number of carbonyl (C=O) groups is 2. The Morgan fingerprint density at radius 3 is 1.58 bits per heavy atom. The van der Waals surface area contributed by atoms with Gasteiger partial charge in [0.1, 0.15) is 6.61 Å². The van der Waals surface area contributed by atoms with E-state index < -0.39 is 32.5 Å². The van der Waals surface area contributed by atoms with Crippen LogP contribution in [0.4, 0.5) is 0 Å². The van der Waals surface area contributed by atoms with Gasteiger partial charge in [-0.3, -0.25) is 14.1 Å². The molecule has 0 aliphatic heterocycles. The van der Waals surface area contributed by atoms with Gasteiger partial charge >= 0.3 is 19.8 Å². The van der Waals surface area contributed by atoms with Crippen LogP contribution in [-0.4, -0.2) is 41.0 Å². The molecule has 0 radical (unpaired) electrons. The molecule has 0 saturated heterocycles. The highest BCUT2D eigenvalue weighted by atomic mass is 31.2. The molecule has 0 amide bonds. The molecule has 0 aliphatic rings. The van der Waals surface area contributed by atoms with Gasteiger partial charge in [-0.15, -0.1) is 0 Å². The second kappa shape index (κ2) is 32.0. The van der Waals surface area contributed by atoms with Gasteiger partial charge < -0.3 is 19.3 Å². The molecule has 0 heterocycles. The first-order chi connectivity index (χ1) is 21.8. The zero-order valence-corrected chi connectivity index (χ0v) is 29.1. The average molecular weight is 655 g/mol. The van der Waals surface area contributed by atoms with Gasteiger partial charge in [-0.2, -0.15) is 0 Å². The summed E-state index contributed by atoms with van der Waals surface area (Å²) in [6, 6.07) is 0. The van der Waals surface area contributed by atoms with Crippen LogP contribution in [0.25, 0.3) is 0 Å². The molecule has 0 saturated carbocycles. The molecule has 0 bridgehead atoms. The summed E-state index contributed by atoms with van der Waals surface area (Å²) in [6.45, 7) is 3.55. The average Bonchev–Trinajstić information content (AvgIpc) is 3.00. The molecule has 0 aromatic heterocycles. The fraction of sp³-hybridized carbons (Fsp3) is 0.722. The number of carbonyl (C=O) groups excluding carboxylic acids is 2. The standard InChI is InChI=1S/C36H63O8P/c1-3-5-7-9-11-13-15-16-17-18-19-20-21-23-25-27-29-31-36(38)44-34(33-43-45(39,40)41)32-42-35(37)30-28-26-24-22-14-12-10-8-6-4-2/h7,9,13,15,17-18,20-21,34H,3-6,8,10-12,14,16,19,22-33H2,1-2H3,(H2,39,40,41)/b9-7+,15-13+,18-17+,21-20+/t34-/m1/s1. The molecule has 8 nitrogen and oxygen atoms in total. The summed E-state index contributed by atoms with van der Waals surface area (Å²) in [5.41, 5.74) is 0. The van der Waals surface area contributed by atoms with Crippen LogP contribution < -0.4 is 0 Å². The Hall–Kier alpha value is -1.99. The lowest BCUT2D eigenvalue weighted by Crippen LogP contribution is -2.29. The van der Waals surface area contributed by atoms with Crippen molar-refractivity contribution >= 4 is 19.8 Å². The van der Waals surface area contributed by atoms with Crippen molar-refractivity contribution in [1.29, 1.82) is 0 Å². The van der Waals surface area contributed by atoms with E-state index >= 15 is 0 Å².